The van der Waals surface area contributed by atoms with E-state index in [2.05, 4.69) is 4.98 Å². The fourth-order valence-electron chi connectivity index (χ4n) is 2.11. The van der Waals surface area contributed by atoms with Crippen molar-refractivity contribution in [1.29, 1.82) is 0 Å². The van der Waals surface area contributed by atoms with Crippen LogP contribution in [0.3, 0.4) is 0 Å². The lowest BCUT2D eigenvalue weighted by atomic mass is 10.2. The first kappa shape index (κ1) is 13.1. The number of fused-ring (bicyclic) bond motifs is 1. The lowest BCUT2D eigenvalue weighted by Crippen LogP contribution is -1.98. The molecule has 4 nitrogen and oxygen atoms in total. The van der Waals surface area contributed by atoms with Crippen molar-refractivity contribution in [1.82, 2.24) is 9.55 Å². The van der Waals surface area contributed by atoms with Crippen LogP contribution in [-0.4, -0.2) is 16.7 Å². The van der Waals surface area contributed by atoms with Gasteiger partial charge in [0.15, 0.2) is 0 Å². The number of methoxy groups -OCH3 is 1. The van der Waals surface area contributed by atoms with Crippen LogP contribution in [0.4, 0.5) is 5.69 Å². The van der Waals surface area contributed by atoms with Crippen LogP contribution in [0.1, 0.15) is 0 Å². The van der Waals surface area contributed by atoms with E-state index in [1.54, 1.807) is 25.4 Å². The molecule has 0 radical (unpaired) electrons. The van der Waals surface area contributed by atoms with Gasteiger partial charge in [-0.2, -0.15) is 0 Å². The molecule has 0 aliphatic heterocycles. The highest BCUT2D eigenvalue weighted by molar-refractivity contribution is 6.38. The van der Waals surface area contributed by atoms with Crippen LogP contribution in [0.15, 0.2) is 36.7 Å². The average Bonchev–Trinajstić information content (AvgIpc) is 2.80. The molecular formula is C14H11Cl2N3O. The largest absolute Gasteiger partial charge is 0.495 e. The smallest absolute Gasteiger partial charge is 0.144 e. The van der Waals surface area contributed by atoms with Crippen LogP contribution in [0.5, 0.6) is 5.75 Å². The quantitative estimate of drug-likeness (QED) is 0.730. The molecule has 2 aromatic heterocycles. The molecule has 0 fully saturated rings. The molecule has 2 N–H and O–H groups in total. The molecule has 0 atom stereocenters. The van der Waals surface area contributed by atoms with Crippen LogP contribution in [0.25, 0.3) is 16.7 Å². The lowest BCUT2D eigenvalue weighted by Gasteiger charge is -2.10. The zero-order chi connectivity index (χ0) is 14.3. The van der Waals surface area contributed by atoms with Gasteiger partial charge in [0.2, 0.25) is 0 Å². The van der Waals surface area contributed by atoms with Gasteiger partial charge in [-0.25, -0.2) is 4.98 Å². The Bertz CT molecular complexity index is 775. The second-order valence-corrected chi connectivity index (χ2v) is 5.12. The number of ether oxygens (including phenoxy) is 1. The molecule has 3 aromatic rings. The third kappa shape index (κ3) is 2.07. The topological polar surface area (TPSA) is 53.1 Å². The Labute approximate surface area is 125 Å². The van der Waals surface area contributed by atoms with E-state index < -0.39 is 0 Å². The molecule has 0 bridgehead atoms. The number of nitrogen functional groups attached to an aromatic ring is 1. The summed E-state index contributed by atoms with van der Waals surface area (Å²) in [6, 6.07) is 7.15. The van der Waals surface area contributed by atoms with Gasteiger partial charge in [-0.15, -0.1) is 0 Å². The molecule has 0 unspecified atom stereocenters. The molecule has 3 rings (SSSR count). The summed E-state index contributed by atoms with van der Waals surface area (Å²) in [7, 11) is 1.60. The van der Waals surface area contributed by atoms with E-state index in [0.717, 1.165) is 11.0 Å². The molecule has 0 saturated heterocycles. The third-order valence-electron chi connectivity index (χ3n) is 3.02. The van der Waals surface area contributed by atoms with E-state index in [9.17, 15) is 0 Å². The van der Waals surface area contributed by atoms with Gasteiger partial charge in [0.05, 0.1) is 29.0 Å². The SMILES string of the molecule is COc1cnc2c(ccn2-c2c(Cl)cc(N)cc2Cl)c1. The van der Waals surface area contributed by atoms with Gasteiger partial charge in [-0.1, -0.05) is 23.2 Å². The van der Waals surface area contributed by atoms with Crippen molar-refractivity contribution in [3.8, 4) is 11.4 Å². The minimum atomic E-state index is 0.477. The highest BCUT2D eigenvalue weighted by atomic mass is 35.5. The minimum absolute atomic E-state index is 0.477. The van der Waals surface area contributed by atoms with Crippen molar-refractivity contribution < 1.29 is 4.74 Å². The lowest BCUT2D eigenvalue weighted by molar-refractivity contribution is 0.413. The fraction of sp³-hybridized carbons (Fsp3) is 0.0714. The van der Waals surface area contributed by atoms with Crippen molar-refractivity contribution in [2.24, 2.45) is 0 Å². The van der Waals surface area contributed by atoms with E-state index in [4.69, 9.17) is 33.7 Å². The number of nitrogens with two attached hydrogens (primary N) is 1. The Balaban J connectivity index is 2.25. The summed E-state index contributed by atoms with van der Waals surface area (Å²) in [6.07, 6.45) is 3.51. The number of aromatic nitrogens is 2. The number of rotatable bonds is 2. The molecule has 102 valence electrons. The number of pyridine rings is 1. The van der Waals surface area contributed by atoms with Gasteiger partial charge in [0.1, 0.15) is 11.4 Å². The normalized spacial score (nSPS) is 10.9. The predicted octanol–water partition coefficient (Wildman–Crippen LogP) is 3.92. The molecule has 20 heavy (non-hydrogen) atoms. The number of nitrogens with zero attached hydrogens (tertiary/aromatic N) is 2. The van der Waals surface area contributed by atoms with Gasteiger partial charge in [-0.05, 0) is 24.3 Å². The van der Waals surface area contributed by atoms with Crippen molar-refractivity contribution in [2.75, 3.05) is 12.8 Å². The maximum atomic E-state index is 6.25. The Kier molecular flexibility index (Phi) is 3.20. The summed E-state index contributed by atoms with van der Waals surface area (Å²) < 4.78 is 6.99. The first-order valence-electron chi connectivity index (χ1n) is 5.86. The van der Waals surface area contributed by atoms with Crippen molar-refractivity contribution >= 4 is 39.9 Å². The van der Waals surface area contributed by atoms with E-state index in [-0.39, 0.29) is 0 Å². The van der Waals surface area contributed by atoms with Crippen LogP contribution >= 0.6 is 23.2 Å². The maximum Gasteiger partial charge on any atom is 0.144 e. The van der Waals surface area contributed by atoms with Crippen LogP contribution in [0, 0.1) is 0 Å². The zero-order valence-electron chi connectivity index (χ0n) is 10.6. The first-order valence-corrected chi connectivity index (χ1v) is 6.61. The molecule has 6 heteroatoms. The second-order valence-electron chi connectivity index (χ2n) is 4.31. The van der Waals surface area contributed by atoms with Crippen LogP contribution in [-0.2, 0) is 0 Å². The van der Waals surface area contributed by atoms with Crippen molar-refractivity contribution in [3.05, 3.63) is 46.7 Å². The molecule has 0 spiro atoms. The number of hydrogen-bond acceptors (Lipinski definition) is 3. The maximum absolute atomic E-state index is 6.25. The predicted molar refractivity (Wildman–Crippen MR) is 82.1 cm³/mol. The van der Waals surface area contributed by atoms with E-state index in [1.165, 1.54) is 0 Å². The Morgan fingerprint density at radius 2 is 1.90 bits per heavy atom. The molecule has 0 amide bonds. The monoisotopic (exact) mass is 307 g/mol. The fourth-order valence-corrected chi connectivity index (χ4v) is 2.80. The Hall–Kier alpha value is -1.91. The highest BCUT2D eigenvalue weighted by Crippen LogP contribution is 2.33. The molecule has 0 saturated carbocycles. The highest BCUT2D eigenvalue weighted by Gasteiger charge is 2.13. The Morgan fingerprint density at radius 3 is 2.55 bits per heavy atom. The van der Waals surface area contributed by atoms with Gasteiger partial charge < -0.3 is 10.5 Å². The summed E-state index contributed by atoms with van der Waals surface area (Å²) in [6.45, 7) is 0. The van der Waals surface area contributed by atoms with E-state index in [0.29, 0.717) is 27.2 Å². The van der Waals surface area contributed by atoms with E-state index in [1.807, 2.05) is 22.9 Å². The van der Waals surface area contributed by atoms with Crippen molar-refractivity contribution in [2.45, 2.75) is 0 Å². The molecule has 2 heterocycles. The third-order valence-corrected chi connectivity index (χ3v) is 3.59. The summed E-state index contributed by atoms with van der Waals surface area (Å²) in [5.41, 5.74) is 7.66. The van der Waals surface area contributed by atoms with Gasteiger partial charge in [-0.3, -0.25) is 4.57 Å². The van der Waals surface area contributed by atoms with E-state index >= 15 is 0 Å². The molecule has 1 aromatic carbocycles. The standard InChI is InChI=1S/C14H11Cl2N3O/c1-20-10-4-8-2-3-19(14(8)18-7-10)13-11(15)5-9(17)6-12(13)16/h2-7H,17H2,1H3. The summed E-state index contributed by atoms with van der Waals surface area (Å²) >= 11 is 12.5. The van der Waals surface area contributed by atoms with Crippen molar-refractivity contribution in [3.63, 3.8) is 0 Å². The number of halogens is 2. The summed E-state index contributed by atoms with van der Waals surface area (Å²) in [5, 5.41) is 1.89. The molecule has 0 aliphatic rings. The van der Waals surface area contributed by atoms with Crippen LogP contribution < -0.4 is 10.5 Å². The van der Waals surface area contributed by atoms with Gasteiger partial charge in [0, 0.05) is 17.3 Å². The first-order chi connectivity index (χ1) is 9.60. The Morgan fingerprint density at radius 1 is 1.20 bits per heavy atom. The summed E-state index contributed by atoms with van der Waals surface area (Å²) in [5.74, 6) is 0.699. The minimum Gasteiger partial charge on any atom is -0.495 e. The van der Waals surface area contributed by atoms with Crippen LogP contribution in [0.2, 0.25) is 10.0 Å². The average molecular weight is 308 g/mol. The van der Waals surface area contributed by atoms with Gasteiger partial charge >= 0.3 is 0 Å². The summed E-state index contributed by atoms with van der Waals surface area (Å²) in [4.78, 5) is 4.38. The zero-order valence-corrected chi connectivity index (χ0v) is 12.1. The number of anilines is 1. The number of hydrogen-bond donors (Lipinski definition) is 1. The second kappa shape index (κ2) is 4.89. The molecule has 0 aliphatic carbocycles. The van der Waals surface area contributed by atoms with Gasteiger partial charge in [0.25, 0.3) is 0 Å². The number of benzene rings is 1. The molecular weight excluding hydrogens is 297 g/mol.